The molecule has 0 aliphatic carbocycles. The summed E-state index contributed by atoms with van der Waals surface area (Å²) in [5, 5.41) is 7.51. The van der Waals surface area contributed by atoms with E-state index in [0.717, 1.165) is 4.90 Å². The minimum Gasteiger partial charge on any atom is -0.318 e. The Morgan fingerprint density at radius 2 is 1.88 bits per heavy atom. The van der Waals surface area contributed by atoms with Crippen LogP contribution in [-0.4, -0.2) is 58.5 Å². The molecule has 0 aromatic rings. The highest BCUT2D eigenvalue weighted by atomic mass is 32.2. The van der Waals surface area contributed by atoms with E-state index in [4.69, 9.17) is 5.14 Å². The quantitative estimate of drug-likeness (QED) is 0.641. The van der Waals surface area contributed by atoms with Gasteiger partial charge in [-0.2, -0.15) is 13.2 Å². The molecule has 5 nitrogen and oxygen atoms in total. The van der Waals surface area contributed by atoms with Crippen LogP contribution in [0.4, 0.5) is 13.2 Å². The largest absolute Gasteiger partial charge is 0.401 e. The van der Waals surface area contributed by atoms with Gasteiger partial charge in [0.2, 0.25) is 10.0 Å². The van der Waals surface area contributed by atoms with E-state index in [1.165, 1.54) is 0 Å². The molecule has 0 rings (SSSR count). The number of hydrogen-bond acceptors (Lipinski definition) is 4. The van der Waals surface area contributed by atoms with Gasteiger partial charge in [-0.1, -0.05) is 0 Å². The summed E-state index contributed by atoms with van der Waals surface area (Å²) in [6.07, 6.45) is -4.19. The van der Waals surface area contributed by atoms with Gasteiger partial charge in [-0.25, -0.2) is 13.6 Å². The van der Waals surface area contributed by atoms with E-state index in [9.17, 15) is 21.6 Å². The molecule has 0 aliphatic rings. The average Bonchev–Trinajstić information content (AvgIpc) is 2.09. The van der Waals surface area contributed by atoms with Crippen LogP contribution < -0.4 is 10.5 Å². The normalized spacial score (nSPS) is 13.3. The first-order valence-corrected chi connectivity index (χ1v) is 6.80. The third-order valence-electron chi connectivity index (χ3n) is 1.98. The van der Waals surface area contributed by atoms with Gasteiger partial charge in [0, 0.05) is 13.1 Å². The molecule has 0 radical (unpaired) electrons. The minimum atomic E-state index is -4.28. The average molecular weight is 277 g/mol. The summed E-state index contributed by atoms with van der Waals surface area (Å²) in [6.45, 7) is -0.372. The molecule has 0 atom stereocenters. The second-order valence-corrected chi connectivity index (χ2v) is 5.45. The van der Waals surface area contributed by atoms with Crippen LogP contribution in [0.2, 0.25) is 0 Å². The van der Waals surface area contributed by atoms with Crippen LogP contribution in [0.5, 0.6) is 0 Å². The van der Waals surface area contributed by atoms with Crippen molar-refractivity contribution in [1.29, 1.82) is 0 Å². The van der Waals surface area contributed by atoms with Crippen molar-refractivity contribution in [1.82, 2.24) is 10.2 Å². The monoisotopic (exact) mass is 277 g/mol. The van der Waals surface area contributed by atoms with Crippen molar-refractivity contribution in [3.8, 4) is 0 Å². The lowest BCUT2D eigenvalue weighted by molar-refractivity contribution is -0.145. The van der Waals surface area contributed by atoms with E-state index in [2.05, 4.69) is 5.32 Å². The SMILES string of the molecule is CNCCN(CCCS(N)(=O)=O)CC(F)(F)F. The molecular weight excluding hydrogens is 259 g/mol. The second kappa shape index (κ2) is 7.14. The summed E-state index contributed by atoms with van der Waals surface area (Å²) in [6, 6.07) is 0. The van der Waals surface area contributed by atoms with Gasteiger partial charge in [-0.15, -0.1) is 0 Å². The van der Waals surface area contributed by atoms with Gasteiger partial charge in [0.1, 0.15) is 0 Å². The Labute approximate surface area is 99.2 Å². The Bertz CT molecular complexity index is 306. The fourth-order valence-corrected chi connectivity index (χ4v) is 1.81. The fourth-order valence-electron chi connectivity index (χ4n) is 1.28. The molecule has 0 heterocycles. The molecule has 9 heteroatoms. The lowest BCUT2D eigenvalue weighted by Gasteiger charge is -2.23. The molecule has 0 saturated carbocycles. The van der Waals surface area contributed by atoms with Crippen LogP contribution in [-0.2, 0) is 10.0 Å². The molecule has 0 aromatic heterocycles. The van der Waals surface area contributed by atoms with Gasteiger partial charge in [-0.3, -0.25) is 4.90 Å². The van der Waals surface area contributed by atoms with E-state index in [1.54, 1.807) is 7.05 Å². The number of likely N-dealkylation sites (N-methyl/N-ethyl adjacent to an activating group) is 1. The summed E-state index contributed by atoms with van der Waals surface area (Å²) in [4.78, 5) is 1.15. The standard InChI is InChI=1S/C8H18F3N3O2S/c1-13-3-5-14(7-8(9,10)11)4-2-6-17(12,15)16/h13H,2-7H2,1H3,(H2,12,15,16). The number of sulfonamides is 1. The number of hydrogen-bond donors (Lipinski definition) is 2. The van der Waals surface area contributed by atoms with E-state index in [0.29, 0.717) is 6.54 Å². The first-order chi connectivity index (χ1) is 7.64. The summed E-state index contributed by atoms with van der Waals surface area (Å²) < 4.78 is 57.8. The lowest BCUT2D eigenvalue weighted by atomic mass is 10.4. The third-order valence-corrected chi connectivity index (χ3v) is 2.84. The predicted molar refractivity (Wildman–Crippen MR) is 59.0 cm³/mol. The van der Waals surface area contributed by atoms with Gasteiger partial charge in [0.15, 0.2) is 0 Å². The number of halogens is 3. The van der Waals surface area contributed by atoms with E-state index in [1.807, 2.05) is 0 Å². The maximum Gasteiger partial charge on any atom is 0.401 e. The number of nitrogens with one attached hydrogen (secondary N) is 1. The molecule has 104 valence electrons. The fraction of sp³-hybridized carbons (Fsp3) is 1.00. The highest BCUT2D eigenvalue weighted by Gasteiger charge is 2.30. The van der Waals surface area contributed by atoms with Gasteiger partial charge >= 0.3 is 6.18 Å². The number of primary sulfonamides is 1. The molecule has 0 bridgehead atoms. The van der Waals surface area contributed by atoms with Crippen molar-refractivity contribution < 1.29 is 21.6 Å². The molecule has 17 heavy (non-hydrogen) atoms. The van der Waals surface area contributed by atoms with Crippen LogP contribution in [0.3, 0.4) is 0 Å². The minimum absolute atomic E-state index is 0.0532. The van der Waals surface area contributed by atoms with Crippen molar-refractivity contribution in [2.24, 2.45) is 5.14 Å². The smallest absolute Gasteiger partial charge is 0.318 e. The number of rotatable bonds is 8. The maximum absolute atomic E-state index is 12.2. The molecule has 0 saturated heterocycles. The van der Waals surface area contributed by atoms with Crippen molar-refractivity contribution in [3.63, 3.8) is 0 Å². The van der Waals surface area contributed by atoms with E-state index >= 15 is 0 Å². The molecule has 0 fully saturated rings. The molecular formula is C8H18F3N3O2S. The third kappa shape index (κ3) is 11.9. The molecule has 3 N–H and O–H groups in total. The van der Waals surface area contributed by atoms with Gasteiger partial charge in [0.05, 0.1) is 12.3 Å². The Morgan fingerprint density at radius 3 is 2.29 bits per heavy atom. The van der Waals surface area contributed by atoms with E-state index < -0.39 is 22.7 Å². The lowest BCUT2D eigenvalue weighted by Crippen LogP contribution is -2.39. The number of nitrogens with two attached hydrogens (primary N) is 1. The molecule has 0 amide bonds. The van der Waals surface area contributed by atoms with Crippen LogP contribution in [0.1, 0.15) is 6.42 Å². The molecule has 0 spiro atoms. The Kier molecular flexibility index (Phi) is 6.98. The van der Waals surface area contributed by atoms with E-state index in [-0.39, 0.29) is 25.3 Å². The molecule has 0 aliphatic heterocycles. The topological polar surface area (TPSA) is 75.4 Å². The zero-order chi connectivity index (χ0) is 13.5. The van der Waals surface area contributed by atoms with Crippen molar-refractivity contribution >= 4 is 10.0 Å². The summed E-state index contributed by atoms with van der Waals surface area (Å²) in [7, 11) is -1.97. The van der Waals surface area contributed by atoms with Crippen LogP contribution in [0, 0.1) is 0 Å². The molecule has 0 aromatic carbocycles. The van der Waals surface area contributed by atoms with Crippen molar-refractivity contribution in [2.45, 2.75) is 12.6 Å². The Morgan fingerprint density at radius 1 is 1.29 bits per heavy atom. The summed E-state index contributed by atoms with van der Waals surface area (Å²) in [5.74, 6) is -0.305. The van der Waals surface area contributed by atoms with Crippen LogP contribution in [0.25, 0.3) is 0 Å². The zero-order valence-corrected chi connectivity index (χ0v) is 10.4. The summed E-state index contributed by atoms with van der Waals surface area (Å²) in [5.41, 5.74) is 0. The van der Waals surface area contributed by atoms with Crippen molar-refractivity contribution in [3.05, 3.63) is 0 Å². The molecule has 0 unspecified atom stereocenters. The maximum atomic E-state index is 12.2. The first kappa shape index (κ1) is 16.6. The highest BCUT2D eigenvalue weighted by molar-refractivity contribution is 7.89. The van der Waals surface area contributed by atoms with Gasteiger partial charge in [-0.05, 0) is 20.0 Å². The van der Waals surface area contributed by atoms with Crippen LogP contribution in [0.15, 0.2) is 0 Å². The van der Waals surface area contributed by atoms with Gasteiger partial charge < -0.3 is 5.32 Å². The Hall–Kier alpha value is -0.380. The van der Waals surface area contributed by atoms with Gasteiger partial charge in [0.25, 0.3) is 0 Å². The Balaban J connectivity index is 4.10. The highest BCUT2D eigenvalue weighted by Crippen LogP contribution is 2.16. The summed E-state index contributed by atoms with van der Waals surface area (Å²) >= 11 is 0. The predicted octanol–water partition coefficient (Wildman–Crippen LogP) is -0.251. The zero-order valence-electron chi connectivity index (χ0n) is 9.63. The van der Waals surface area contributed by atoms with Crippen molar-refractivity contribution in [2.75, 3.05) is 39.0 Å². The number of nitrogens with zero attached hydrogens (tertiary/aromatic N) is 1. The second-order valence-electron chi connectivity index (χ2n) is 3.72. The van der Waals surface area contributed by atoms with Crippen LogP contribution >= 0.6 is 0 Å². The number of alkyl halides is 3. The first-order valence-electron chi connectivity index (χ1n) is 5.08.